The molecule has 1 aromatic heterocycles. The molecule has 1 amide bonds. The minimum Gasteiger partial charge on any atom is -0.336 e. The van der Waals surface area contributed by atoms with E-state index in [1.54, 1.807) is 0 Å². The lowest BCUT2D eigenvalue weighted by Crippen LogP contribution is -2.49. The summed E-state index contributed by atoms with van der Waals surface area (Å²) in [4.78, 5) is 17.2. The molecule has 140 valence electrons. The molecule has 1 aliphatic rings. The van der Waals surface area contributed by atoms with Gasteiger partial charge in [-0.3, -0.25) is 9.69 Å². The maximum Gasteiger partial charge on any atom is 0.253 e. The monoisotopic (exact) mass is 374 g/mol. The van der Waals surface area contributed by atoms with E-state index in [-0.39, 0.29) is 5.91 Å². The summed E-state index contributed by atoms with van der Waals surface area (Å²) in [7, 11) is 0. The van der Waals surface area contributed by atoms with Gasteiger partial charge in [-0.05, 0) is 44.0 Å². The molecule has 0 spiro atoms. The molecular weight excluding hydrogens is 348 g/mol. The van der Waals surface area contributed by atoms with Gasteiger partial charge in [0.05, 0.1) is 22.1 Å². The van der Waals surface area contributed by atoms with E-state index < -0.39 is 0 Å². The van der Waals surface area contributed by atoms with Crippen molar-refractivity contribution in [2.75, 3.05) is 32.7 Å². The molecule has 0 N–H and O–H groups in total. The Kier molecular flexibility index (Phi) is 5.68. The largest absolute Gasteiger partial charge is 0.336 e. The van der Waals surface area contributed by atoms with Gasteiger partial charge in [0.15, 0.2) is 0 Å². The standard InChI is InChI=1S/C20H27ClN4O/c1-14(2)13-23-9-11-24(12-10-23)20(26)17-5-7-18(8-6-17)25-16(4)19(21)15(3)22-25/h5-8,14H,9-13H2,1-4H3. The molecule has 1 saturated heterocycles. The Labute approximate surface area is 160 Å². The van der Waals surface area contributed by atoms with Crippen LogP contribution in [0, 0.1) is 19.8 Å². The van der Waals surface area contributed by atoms with Gasteiger partial charge in [0.2, 0.25) is 0 Å². The molecule has 0 bridgehead atoms. The highest BCUT2D eigenvalue weighted by atomic mass is 35.5. The van der Waals surface area contributed by atoms with Crippen molar-refractivity contribution in [3.8, 4) is 5.69 Å². The van der Waals surface area contributed by atoms with E-state index in [1.807, 2.05) is 47.7 Å². The van der Waals surface area contributed by atoms with Crippen molar-refractivity contribution in [1.29, 1.82) is 0 Å². The van der Waals surface area contributed by atoms with Crippen LogP contribution >= 0.6 is 11.6 Å². The molecule has 0 radical (unpaired) electrons. The molecule has 1 fully saturated rings. The average molecular weight is 375 g/mol. The Morgan fingerprint density at radius 3 is 2.23 bits per heavy atom. The molecule has 0 unspecified atom stereocenters. The van der Waals surface area contributed by atoms with Crippen LogP contribution in [0.4, 0.5) is 0 Å². The van der Waals surface area contributed by atoms with E-state index in [2.05, 4.69) is 23.8 Å². The second-order valence-corrected chi connectivity index (χ2v) is 7.81. The van der Waals surface area contributed by atoms with Gasteiger partial charge in [-0.25, -0.2) is 4.68 Å². The minimum atomic E-state index is 0.104. The molecule has 6 heteroatoms. The van der Waals surface area contributed by atoms with Crippen LogP contribution in [0.3, 0.4) is 0 Å². The number of carbonyl (C=O) groups excluding carboxylic acids is 1. The topological polar surface area (TPSA) is 41.4 Å². The van der Waals surface area contributed by atoms with Crippen molar-refractivity contribution in [1.82, 2.24) is 19.6 Å². The van der Waals surface area contributed by atoms with Crippen molar-refractivity contribution in [3.05, 3.63) is 46.2 Å². The van der Waals surface area contributed by atoms with E-state index in [0.29, 0.717) is 10.9 Å². The van der Waals surface area contributed by atoms with Gasteiger partial charge in [-0.1, -0.05) is 25.4 Å². The third-order valence-electron chi connectivity index (χ3n) is 4.84. The smallest absolute Gasteiger partial charge is 0.253 e. The lowest BCUT2D eigenvalue weighted by molar-refractivity contribution is 0.0624. The first-order valence-corrected chi connectivity index (χ1v) is 9.58. The van der Waals surface area contributed by atoms with Crippen LogP contribution in [0.15, 0.2) is 24.3 Å². The van der Waals surface area contributed by atoms with Gasteiger partial charge >= 0.3 is 0 Å². The summed E-state index contributed by atoms with van der Waals surface area (Å²) in [5.74, 6) is 0.764. The molecule has 5 nitrogen and oxygen atoms in total. The third-order valence-corrected chi connectivity index (χ3v) is 5.39. The summed E-state index contributed by atoms with van der Waals surface area (Å²) in [6, 6.07) is 7.61. The van der Waals surface area contributed by atoms with Crippen molar-refractivity contribution < 1.29 is 4.79 Å². The Hall–Kier alpha value is -1.85. The number of hydrogen-bond acceptors (Lipinski definition) is 3. The lowest BCUT2D eigenvalue weighted by Gasteiger charge is -2.35. The Morgan fingerprint density at radius 2 is 1.73 bits per heavy atom. The number of hydrogen-bond donors (Lipinski definition) is 0. The summed E-state index contributed by atoms with van der Waals surface area (Å²) in [5, 5.41) is 5.14. The fourth-order valence-corrected chi connectivity index (χ4v) is 3.57. The van der Waals surface area contributed by atoms with Gasteiger partial charge in [-0.2, -0.15) is 5.10 Å². The molecule has 1 aliphatic heterocycles. The highest BCUT2D eigenvalue weighted by Crippen LogP contribution is 2.22. The Bertz CT molecular complexity index is 774. The molecule has 2 aromatic rings. The van der Waals surface area contributed by atoms with Crippen LogP contribution in [0.5, 0.6) is 0 Å². The van der Waals surface area contributed by atoms with Crippen LogP contribution in [0.1, 0.15) is 35.6 Å². The molecular formula is C20H27ClN4O. The zero-order chi connectivity index (χ0) is 18.8. The van der Waals surface area contributed by atoms with Gasteiger partial charge < -0.3 is 4.90 Å². The predicted octanol–water partition coefficient (Wildman–Crippen LogP) is 3.56. The number of aromatic nitrogens is 2. The summed E-state index contributed by atoms with van der Waals surface area (Å²) in [5.41, 5.74) is 3.35. The molecule has 0 aliphatic carbocycles. The van der Waals surface area contributed by atoms with E-state index in [4.69, 9.17) is 11.6 Å². The molecule has 26 heavy (non-hydrogen) atoms. The molecule has 2 heterocycles. The van der Waals surface area contributed by atoms with Crippen molar-refractivity contribution in [3.63, 3.8) is 0 Å². The molecule has 3 rings (SSSR count). The SMILES string of the molecule is Cc1nn(-c2ccc(C(=O)N3CCN(CC(C)C)CC3)cc2)c(C)c1Cl. The Morgan fingerprint density at radius 1 is 1.12 bits per heavy atom. The van der Waals surface area contributed by atoms with Gasteiger partial charge in [0.25, 0.3) is 5.91 Å². The number of carbonyl (C=O) groups is 1. The fraction of sp³-hybridized carbons (Fsp3) is 0.500. The van der Waals surface area contributed by atoms with Crippen molar-refractivity contribution in [2.24, 2.45) is 5.92 Å². The van der Waals surface area contributed by atoms with E-state index in [1.165, 1.54) is 0 Å². The maximum atomic E-state index is 12.8. The number of halogens is 1. The zero-order valence-electron chi connectivity index (χ0n) is 16.0. The first-order valence-electron chi connectivity index (χ1n) is 9.20. The number of aryl methyl sites for hydroxylation is 1. The van der Waals surface area contributed by atoms with Crippen molar-refractivity contribution in [2.45, 2.75) is 27.7 Å². The van der Waals surface area contributed by atoms with Crippen LogP contribution in [0.2, 0.25) is 5.02 Å². The number of amides is 1. The fourth-order valence-electron chi connectivity index (χ4n) is 3.45. The van der Waals surface area contributed by atoms with Crippen LogP contribution < -0.4 is 0 Å². The average Bonchev–Trinajstić information content (AvgIpc) is 2.89. The third kappa shape index (κ3) is 3.94. The normalized spacial score (nSPS) is 15.7. The number of benzene rings is 1. The zero-order valence-corrected chi connectivity index (χ0v) is 16.8. The number of nitrogens with zero attached hydrogens (tertiary/aromatic N) is 4. The summed E-state index contributed by atoms with van der Waals surface area (Å²) < 4.78 is 1.82. The van der Waals surface area contributed by atoms with Gasteiger partial charge in [-0.15, -0.1) is 0 Å². The minimum absolute atomic E-state index is 0.104. The predicted molar refractivity (Wildman–Crippen MR) is 105 cm³/mol. The van der Waals surface area contributed by atoms with Crippen molar-refractivity contribution >= 4 is 17.5 Å². The molecule has 1 aromatic carbocycles. The van der Waals surface area contributed by atoms with E-state index >= 15 is 0 Å². The first-order chi connectivity index (χ1) is 12.4. The number of piperazine rings is 1. The molecule has 0 atom stereocenters. The van der Waals surface area contributed by atoms with Crippen LogP contribution in [-0.4, -0.2) is 58.2 Å². The van der Waals surface area contributed by atoms with Gasteiger partial charge in [0.1, 0.15) is 0 Å². The van der Waals surface area contributed by atoms with Gasteiger partial charge in [0, 0.05) is 38.3 Å². The van der Waals surface area contributed by atoms with E-state index in [9.17, 15) is 4.79 Å². The van der Waals surface area contributed by atoms with Crippen LogP contribution in [-0.2, 0) is 0 Å². The second-order valence-electron chi connectivity index (χ2n) is 7.43. The maximum absolute atomic E-state index is 12.8. The quantitative estimate of drug-likeness (QED) is 0.821. The summed E-state index contributed by atoms with van der Waals surface area (Å²) >= 11 is 6.23. The van der Waals surface area contributed by atoms with E-state index in [0.717, 1.165) is 55.4 Å². The van der Waals surface area contributed by atoms with Crippen LogP contribution in [0.25, 0.3) is 5.69 Å². The highest BCUT2D eigenvalue weighted by molar-refractivity contribution is 6.31. The summed E-state index contributed by atoms with van der Waals surface area (Å²) in [6.07, 6.45) is 0. The second kappa shape index (κ2) is 7.80. The Balaban J connectivity index is 1.67. The molecule has 0 saturated carbocycles. The summed E-state index contributed by atoms with van der Waals surface area (Å²) in [6.45, 7) is 12.9. The number of rotatable bonds is 4. The first kappa shape index (κ1) is 18.9. The lowest BCUT2D eigenvalue weighted by atomic mass is 10.1. The highest BCUT2D eigenvalue weighted by Gasteiger charge is 2.22.